The quantitative estimate of drug-likeness (QED) is 0.606. The highest BCUT2D eigenvalue weighted by Crippen LogP contribution is 2.19. The summed E-state index contributed by atoms with van der Waals surface area (Å²) < 4.78 is 0. The number of hydrogen-bond acceptors (Lipinski definition) is 3. The molecule has 1 fully saturated rings. The van der Waals surface area contributed by atoms with E-state index in [1.165, 1.54) is 39.0 Å². The van der Waals surface area contributed by atoms with Gasteiger partial charge in [-0.2, -0.15) is 0 Å². The maximum atomic E-state index is 9.60. The van der Waals surface area contributed by atoms with E-state index in [1.54, 1.807) is 0 Å². The number of carboxylic acid groups (broad SMARTS) is 1. The van der Waals surface area contributed by atoms with E-state index in [2.05, 4.69) is 22.6 Å². The predicted molar refractivity (Wildman–Crippen MR) is 69.7 cm³/mol. The molecule has 0 saturated heterocycles. The van der Waals surface area contributed by atoms with E-state index in [4.69, 9.17) is 5.11 Å². The first kappa shape index (κ1) is 15.6. The van der Waals surface area contributed by atoms with Crippen LogP contribution in [-0.2, 0) is 4.79 Å². The van der Waals surface area contributed by atoms with Crippen LogP contribution >= 0.6 is 0 Å². The molecule has 0 aromatic heterocycles. The summed E-state index contributed by atoms with van der Waals surface area (Å²) in [7, 11) is 0. The van der Waals surface area contributed by atoms with Crippen molar-refractivity contribution in [3.05, 3.63) is 12.2 Å². The lowest BCUT2D eigenvalue weighted by Gasteiger charge is -2.15. The van der Waals surface area contributed by atoms with E-state index in [9.17, 15) is 4.79 Å². The molecule has 1 saturated carbocycles. The highest BCUT2D eigenvalue weighted by atomic mass is 16.4. The third-order valence-electron chi connectivity index (χ3n) is 2.41. The molecule has 0 unspecified atom stereocenters. The Labute approximate surface area is 103 Å². The summed E-state index contributed by atoms with van der Waals surface area (Å²) in [4.78, 5) is 17.8. The van der Waals surface area contributed by atoms with Crippen LogP contribution in [0.2, 0.25) is 0 Å². The summed E-state index contributed by atoms with van der Waals surface area (Å²) in [6, 6.07) is 3.28. The Balaban J connectivity index is 0.000000366. The Morgan fingerprint density at radius 2 is 1.94 bits per heavy atom. The van der Waals surface area contributed by atoms with Gasteiger partial charge in [-0.05, 0) is 26.7 Å². The number of nitrogens with zero attached hydrogens (tertiary/aromatic N) is 2. The van der Waals surface area contributed by atoms with Crippen LogP contribution in [0.3, 0.4) is 0 Å². The largest absolute Gasteiger partial charge is 0.478 e. The Hall–Kier alpha value is -1.41. The fourth-order valence-electron chi connectivity index (χ4n) is 1.40. The molecular formula is C13H22N2O2. The monoisotopic (exact) mass is 238 g/mol. The van der Waals surface area contributed by atoms with Gasteiger partial charge in [0, 0.05) is 12.1 Å². The highest BCUT2D eigenvalue weighted by Gasteiger charge is 2.10. The van der Waals surface area contributed by atoms with Crippen LogP contribution in [0.25, 0.3) is 0 Å². The van der Waals surface area contributed by atoms with Crippen LogP contribution in [0, 0.1) is 0 Å². The van der Waals surface area contributed by atoms with Crippen molar-refractivity contribution in [3.8, 4) is 0 Å². The third kappa shape index (κ3) is 9.52. The van der Waals surface area contributed by atoms with Crippen molar-refractivity contribution < 1.29 is 9.90 Å². The fraction of sp³-hybridized carbons (Fsp3) is 0.692. The molecule has 0 spiro atoms. The van der Waals surface area contributed by atoms with Gasteiger partial charge < -0.3 is 5.11 Å². The average Bonchev–Trinajstić information content (AvgIpc) is 2.31. The Morgan fingerprint density at radius 1 is 1.41 bits per heavy atom. The van der Waals surface area contributed by atoms with E-state index in [0.29, 0.717) is 6.04 Å². The number of carboxylic acids is 1. The van der Waals surface area contributed by atoms with Crippen molar-refractivity contribution in [1.29, 1.82) is 0 Å². The number of carbonyl (C=O) groups is 1. The first-order valence-electron chi connectivity index (χ1n) is 6.08. The molecule has 0 radical (unpaired) electrons. The molecule has 0 heterocycles. The van der Waals surface area contributed by atoms with Crippen molar-refractivity contribution in [2.24, 2.45) is 9.98 Å². The normalized spacial score (nSPS) is 14.9. The summed E-state index contributed by atoms with van der Waals surface area (Å²) in [5, 5.41) is 7.89. The lowest BCUT2D eigenvalue weighted by Crippen LogP contribution is -2.08. The van der Waals surface area contributed by atoms with Crippen molar-refractivity contribution in [2.45, 2.75) is 52.0 Å². The van der Waals surface area contributed by atoms with E-state index in [-0.39, 0.29) is 5.57 Å². The van der Waals surface area contributed by atoms with Gasteiger partial charge in [0.05, 0.1) is 12.1 Å². The molecule has 1 aliphatic carbocycles. The second kappa shape index (κ2) is 9.79. The molecule has 1 rings (SSSR count). The standard InChI is InChI=1S/C9H16N2.C4H6O2/c1-2-10-8-11-9-6-4-3-5-7-9;1-3(2)4(5)6/h9H,2-7H2,1H3;1H2,2H3,(H,5,6). The van der Waals surface area contributed by atoms with Crippen LogP contribution in [0.4, 0.5) is 0 Å². The lowest BCUT2D eigenvalue weighted by atomic mass is 9.96. The molecule has 0 aliphatic heterocycles. The van der Waals surface area contributed by atoms with E-state index < -0.39 is 5.97 Å². The Kier molecular flexibility index (Phi) is 8.98. The van der Waals surface area contributed by atoms with Crippen LogP contribution < -0.4 is 0 Å². The Bertz CT molecular complexity index is 287. The van der Waals surface area contributed by atoms with E-state index in [0.717, 1.165) is 6.54 Å². The first-order chi connectivity index (χ1) is 8.07. The summed E-state index contributed by atoms with van der Waals surface area (Å²) >= 11 is 0. The molecule has 0 amide bonds. The molecule has 1 aliphatic rings. The molecule has 96 valence electrons. The summed E-state index contributed by atoms with van der Waals surface area (Å²) in [6.07, 6.45) is 6.54. The zero-order valence-electron chi connectivity index (χ0n) is 10.8. The molecule has 0 bridgehead atoms. The maximum absolute atomic E-state index is 9.60. The average molecular weight is 238 g/mol. The zero-order chi connectivity index (χ0) is 13.1. The van der Waals surface area contributed by atoms with Crippen LogP contribution in [0.15, 0.2) is 22.1 Å². The van der Waals surface area contributed by atoms with Gasteiger partial charge in [-0.25, -0.2) is 14.8 Å². The molecule has 0 atom stereocenters. The summed E-state index contributed by atoms with van der Waals surface area (Å²) in [5.74, 6) is -0.935. The molecule has 4 nitrogen and oxygen atoms in total. The van der Waals surface area contributed by atoms with Crippen LogP contribution in [0.1, 0.15) is 46.0 Å². The van der Waals surface area contributed by atoms with Crippen LogP contribution in [-0.4, -0.2) is 29.7 Å². The number of aliphatic imine (C=N–C) groups is 2. The minimum atomic E-state index is -0.935. The predicted octanol–water partition coefficient (Wildman–Crippen LogP) is 3.16. The number of hydrogen-bond donors (Lipinski definition) is 1. The minimum absolute atomic E-state index is 0.176. The van der Waals surface area contributed by atoms with Crippen LogP contribution in [0.5, 0.6) is 0 Å². The smallest absolute Gasteiger partial charge is 0.330 e. The van der Waals surface area contributed by atoms with Crippen molar-refractivity contribution >= 4 is 12.0 Å². The van der Waals surface area contributed by atoms with Gasteiger partial charge in [-0.15, -0.1) is 0 Å². The molecule has 17 heavy (non-hydrogen) atoms. The molecule has 0 aromatic carbocycles. The number of aliphatic carboxylic acids is 1. The second-order valence-corrected chi connectivity index (χ2v) is 4.08. The van der Waals surface area contributed by atoms with Gasteiger partial charge in [0.2, 0.25) is 0 Å². The van der Waals surface area contributed by atoms with Gasteiger partial charge >= 0.3 is 5.97 Å². The van der Waals surface area contributed by atoms with E-state index >= 15 is 0 Å². The third-order valence-corrected chi connectivity index (χ3v) is 2.41. The molecular weight excluding hydrogens is 216 g/mol. The second-order valence-electron chi connectivity index (χ2n) is 4.08. The van der Waals surface area contributed by atoms with Crippen molar-refractivity contribution in [2.75, 3.05) is 6.54 Å². The maximum Gasteiger partial charge on any atom is 0.330 e. The Morgan fingerprint density at radius 3 is 2.35 bits per heavy atom. The van der Waals surface area contributed by atoms with Gasteiger partial charge in [-0.3, -0.25) is 0 Å². The van der Waals surface area contributed by atoms with Crippen molar-refractivity contribution in [3.63, 3.8) is 0 Å². The summed E-state index contributed by atoms with van der Waals surface area (Å²) in [6.45, 7) is 7.41. The zero-order valence-corrected chi connectivity index (χ0v) is 10.8. The lowest BCUT2D eigenvalue weighted by molar-refractivity contribution is -0.132. The van der Waals surface area contributed by atoms with E-state index in [1.807, 2.05) is 6.92 Å². The van der Waals surface area contributed by atoms with Gasteiger partial charge in [0.15, 0.2) is 0 Å². The topological polar surface area (TPSA) is 62.0 Å². The first-order valence-corrected chi connectivity index (χ1v) is 6.08. The molecule has 1 N–H and O–H groups in total. The molecule has 4 heteroatoms. The van der Waals surface area contributed by atoms with Crippen molar-refractivity contribution in [1.82, 2.24) is 0 Å². The van der Waals surface area contributed by atoms with Gasteiger partial charge in [0.1, 0.15) is 0 Å². The SMILES string of the molecule is C=C(C)C(=O)O.CCN=C=NC1CCCCC1. The molecule has 0 aromatic rings. The minimum Gasteiger partial charge on any atom is -0.478 e. The fourth-order valence-corrected chi connectivity index (χ4v) is 1.40. The number of rotatable bonds is 3. The van der Waals surface area contributed by atoms with Gasteiger partial charge in [-0.1, -0.05) is 25.8 Å². The summed E-state index contributed by atoms with van der Waals surface area (Å²) in [5.41, 5.74) is 0.176. The van der Waals surface area contributed by atoms with Gasteiger partial charge in [0.25, 0.3) is 0 Å². The highest BCUT2D eigenvalue weighted by molar-refractivity contribution is 5.84.